The average Bonchev–Trinajstić information content (AvgIpc) is 2.79. The fraction of sp³-hybridized carbons (Fsp3) is 0.304. The number of fused-ring (bicyclic) bond motifs is 1. The predicted molar refractivity (Wildman–Crippen MR) is 120 cm³/mol. The van der Waals surface area contributed by atoms with Gasteiger partial charge < -0.3 is 9.64 Å². The Morgan fingerprint density at radius 3 is 2.74 bits per heavy atom. The smallest absolute Gasteiger partial charge is 0.310 e. The second kappa shape index (κ2) is 8.85. The third-order valence-corrected chi connectivity index (χ3v) is 7.47. The van der Waals surface area contributed by atoms with Gasteiger partial charge in [0.05, 0.1) is 28.6 Å². The minimum atomic E-state index is -3.83. The normalized spacial score (nSPS) is 17.0. The van der Waals surface area contributed by atoms with Crippen LogP contribution in [0.4, 0.5) is 5.69 Å². The van der Waals surface area contributed by atoms with Crippen molar-refractivity contribution in [2.24, 2.45) is 5.92 Å². The first kappa shape index (κ1) is 21.6. The maximum Gasteiger partial charge on any atom is 0.310 e. The molecule has 8 heteroatoms. The Bertz CT molecular complexity index is 1210. The van der Waals surface area contributed by atoms with Crippen molar-refractivity contribution in [1.82, 2.24) is 4.98 Å². The van der Waals surface area contributed by atoms with Gasteiger partial charge in [0.15, 0.2) is 0 Å². The minimum Gasteiger partial charge on any atom is -0.466 e. The molecule has 0 N–H and O–H groups in total. The summed E-state index contributed by atoms with van der Waals surface area (Å²) in [5.41, 5.74) is 1.18. The molecule has 1 fully saturated rings. The third-order valence-electron chi connectivity index (χ3n) is 5.47. The van der Waals surface area contributed by atoms with E-state index in [0.29, 0.717) is 47.7 Å². The number of piperidine rings is 1. The van der Waals surface area contributed by atoms with Crippen LogP contribution in [0.1, 0.15) is 19.8 Å². The van der Waals surface area contributed by atoms with E-state index in [0.717, 1.165) is 6.42 Å². The Balaban J connectivity index is 1.89. The molecule has 1 aliphatic heterocycles. The van der Waals surface area contributed by atoms with Crippen molar-refractivity contribution in [3.63, 3.8) is 0 Å². The molecular formula is C23H23ClN2O4S. The second-order valence-electron chi connectivity index (χ2n) is 7.49. The second-order valence-corrected chi connectivity index (χ2v) is 9.84. The van der Waals surface area contributed by atoms with Gasteiger partial charge >= 0.3 is 5.97 Å². The molecule has 2 aromatic carbocycles. The summed E-state index contributed by atoms with van der Waals surface area (Å²) in [6, 6.07) is 13.5. The molecular weight excluding hydrogens is 436 g/mol. The molecule has 31 heavy (non-hydrogen) atoms. The zero-order valence-corrected chi connectivity index (χ0v) is 18.7. The van der Waals surface area contributed by atoms with Gasteiger partial charge in [-0.05, 0) is 50.1 Å². The lowest BCUT2D eigenvalue weighted by Gasteiger charge is -2.35. The number of anilines is 1. The van der Waals surface area contributed by atoms with Gasteiger partial charge in [-0.15, -0.1) is 0 Å². The molecule has 1 aliphatic rings. The molecule has 0 saturated carbocycles. The van der Waals surface area contributed by atoms with Crippen molar-refractivity contribution < 1.29 is 17.9 Å². The van der Waals surface area contributed by atoms with E-state index in [2.05, 4.69) is 4.98 Å². The number of carbonyl (C=O) groups excluding carboxylic acids is 1. The zero-order valence-electron chi connectivity index (χ0n) is 17.1. The average molecular weight is 459 g/mol. The highest BCUT2D eigenvalue weighted by Crippen LogP contribution is 2.38. The molecule has 0 radical (unpaired) electrons. The zero-order chi connectivity index (χ0) is 22.0. The molecule has 0 aliphatic carbocycles. The highest BCUT2D eigenvalue weighted by atomic mass is 35.5. The Labute approximate surface area is 186 Å². The number of hydrogen-bond acceptors (Lipinski definition) is 6. The van der Waals surface area contributed by atoms with Crippen LogP contribution in [0.5, 0.6) is 0 Å². The van der Waals surface area contributed by atoms with Crippen molar-refractivity contribution in [3.05, 3.63) is 59.8 Å². The van der Waals surface area contributed by atoms with Gasteiger partial charge in [0.25, 0.3) is 0 Å². The maximum atomic E-state index is 13.6. The molecule has 3 aromatic rings. The summed E-state index contributed by atoms with van der Waals surface area (Å²) < 4.78 is 32.3. The fourth-order valence-electron chi connectivity index (χ4n) is 4.01. The van der Waals surface area contributed by atoms with E-state index in [1.54, 1.807) is 55.5 Å². The van der Waals surface area contributed by atoms with E-state index in [9.17, 15) is 13.2 Å². The highest BCUT2D eigenvalue weighted by molar-refractivity contribution is 7.91. The number of nitrogens with zero attached hydrogens (tertiary/aromatic N) is 2. The molecule has 0 amide bonds. The van der Waals surface area contributed by atoms with E-state index in [-0.39, 0.29) is 21.7 Å². The van der Waals surface area contributed by atoms with Crippen molar-refractivity contribution in [2.75, 3.05) is 24.6 Å². The lowest BCUT2D eigenvalue weighted by molar-refractivity contribution is -0.148. The molecule has 0 spiro atoms. The maximum absolute atomic E-state index is 13.6. The van der Waals surface area contributed by atoms with Gasteiger partial charge in [-0.25, -0.2) is 8.42 Å². The van der Waals surface area contributed by atoms with Gasteiger partial charge in [-0.1, -0.05) is 29.8 Å². The van der Waals surface area contributed by atoms with Crippen LogP contribution in [-0.4, -0.2) is 39.1 Å². The third kappa shape index (κ3) is 4.25. The Hall–Kier alpha value is -2.64. The van der Waals surface area contributed by atoms with Crippen LogP contribution >= 0.6 is 11.6 Å². The number of hydrogen-bond donors (Lipinski definition) is 0. The van der Waals surface area contributed by atoms with Crippen LogP contribution in [-0.2, 0) is 19.4 Å². The quantitative estimate of drug-likeness (QED) is 0.524. The predicted octanol–water partition coefficient (Wildman–Crippen LogP) is 4.50. The van der Waals surface area contributed by atoms with E-state index in [4.69, 9.17) is 16.3 Å². The van der Waals surface area contributed by atoms with Crippen molar-refractivity contribution >= 4 is 44.0 Å². The number of carbonyl (C=O) groups is 1. The molecule has 1 atom stereocenters. The monoisotopic (exact) mass is 458 g/mol. The molecule has 1 saturated heterocycles. The van der Waals surface area contributed by atoms with Crippen molar-refractivity contribution in [3.8, 4) is 0 Å². The van der Waals surface area contributed by atoms with Crippen LogP contribution in [0.2, 0.25) is 5.02 Å². The van der Waals surface area contributed by atoms with E-state index in [1.165, 1.54) is 6.20 Å². The number of esters is 1. The number of halogens is 1. The van der Waals surface area contributed by atoms with Gasteiger partial charge in [0.2, 0.25) is 9.84 Å². The minimum absolute atomic E-state index is 0.109. The summed E-state index contributed by atoms with van der Waals surface area (Å²) in [5, 5.41) is 1.14. The topological polar surface area (TPSA) is 76.6 Å². The first-order chi connectivity index (χ1) is 14.9. The van der Waals surface area contributed by atoms with E-state index >= 15 is 0 Å². The first-order valence-corrected chi connectivity index (χ1v) is 12.1. The van der Waals surface area contributed by atoms with E-state index < -0.39 is 9.84 Å². The van der Waals surface area contributed by atoms with Gasteiger partial charge in [-0.2, -0.15) is 0 Å². The highest BCUT2D eigenvalue weighted by Gasteiger charge is 2.32. The molecule has 162 valence electrons. The summed E-state index contributed by atoms with van der Waals surface area (Å²) >= 11 is 6.26. The van der Waals surface area contributed by atoms with Gasteiger partial charge in [0.1, 0.15) is 4.90 Å². The van der Waals surface area contributed by atoms with Crippen LogP contribution in [0.25, 0.3) is 10.9 Å². The van der Waals surface area contributed by atoms with Gasteiger partial charge in [-0.3, -0.25) is 9.78 Å². The number of pyridine rings is 1. The number of rotatable bonds is 5. The largest absolute Gasteiger partial charge is 0.466 e. The summed E-state index contributed by atoms with van der Waals surface area (Å²) in [7, 11) is -3.83. The van der Waals surface area contributed by atoms with E-state index in [1.807, 2.05) is 4.90 Å². The molecule has 0 bridgehead atoms. The Kier molecular flexibility index (Phi) is 6.16. The Morgan fingerprint density at radius 2 is 2.00 bits per heavy atom. The number of aromatic nitrogens is 1. The molecule has 6 nitrogen and oxygen atoms in total. The lowest BCUT2D eigenvalue weighted by Crippen LogP contribution is -2.40. The van der Waals surface area contributed by atoms with Crippen LogP contribution in [0.15, 0.2) is 64.5 Å². The summed E-state index contributed by atoms with van der Waals surface area (Å²) in [6.07, 6.45) is 2.86. The van der Waals surface area contributed by atoms with Crippen molar-refractivity contribution in [2.45, 2.75) is 29.6 Å². The number of ether oxygens (including phenoxy) is 1. The summed E-state index contributed by atoms with van der Waals surface area (Å²) in [6.45, 7) is 3.10. The molecule has 1 aromatic heterocycles. The molecule has 4 rings (SSSR count). The number of benzene rings is 2. The SMILES string of the molecule is CCOC(=O)[C@@H]1CCCN(c2c(S(=O)(=O)c3ccccc3)cnc3ccc(Cl)cc23)C1. The number of sulfone groups is 1. The van der Waals surface area contributed by atoms with Gasteiger partial charge in [0, 0.05) is 29.7 Å². The molecule has 0 unspecified atom stereocenters. The molecule has 2 heterocycles. The standard InChI is InChI=1S/C23H23ClN2O4S/c1-2-30-23(27)16-7-6-12-26(15-16)22-19-13-17(24)10-11-20(19)25-14-21(22)31(28,29)18-8-4-3-5-9-18/h3-5,8-11,13-14,16H,2,6-7,12,15H2,1H3/t16-/m1/s1. The first-order valence-electron chi connectivity index (χ1n) is 10.2. The van der Waals surface area contributed by atoms with Crippen molar-refractivity contribution in [1.29, 1.82) is 0 Å². The Morgan fingerprint density at radius 1 is 1.23 bits per heavy atom. The fourth-order valence-corrected chi connectivity index (χ4v) is 5.64. The van der Waals surface area contributed by atoms with Crippen LogP contribution in [0.3, 0.4) is 0 Å². The van der Waals surface area contributed by atoms with Crippen LogP contribution < -0.4 is 4.90 Å². The van der Waals surface area contributed by atoms with Crippen LogP contribution in [0, 0.1) is 5.92 Å². The lowest BCUT2D eigenvalue weighted by atomic mass is 9.97. The summed E-state index contributed by atoms with van der Waals surface area (Å²) in [5.74, 6) is -0.570. The summed E-state index contributed by atoms with van der Waals surface area (Å²) in [4.78, 5) is 19.1.